The van der Waals surface area contributed by atoms with Crippen LogP contribution in [0.5, 0.6) is 17.2 Å². The van der Waals surface area contributed by atoms with Gasteiger partial charge in [0, 0.05) is 18.5 Å². The maximum Gasteiger partial charge on any atom is 0.290 e. The molecule has 0 radical (unpaired) electrons. The summed E-state index contributed by atoms with van der Waals surface area (Å²) >= 11 is 0. The van der Waals surface area contributed by atoms with Crippen LogP contribution >= 0.6 is 0 Å². The summed E-state index contributed by atoms with van der Waals surface area (Å²) in [4.78, 5) is 30.0. The average Bonchev–Trinajstić information content (AvgIpc) is 3.37. The van der Waals surface area contributed by atoms with Crippen molar-refractivity contribution in [2.45, 2.75) is 6.04 Å². The van der Waals surface area contributed by atoms with Crippen LogP contribution in [0, 0.1) is 0 Å². The molecule has 0 saturated heterocycles. The Balaban J connectivity index is 1.82. The van der Waals surface area contributed by atoms with Gasteiger partial charge in [-0.1, -0.05) is 18.2 Å². The number of phenolic OH excluding ortho intramolecular Hbond substituents is 1. The number of ketones is 1. The van der Waals surface area contributed by atoms with E-state index in [1.165, 1.54) is 25.2 Å². The Morgan fingerprint density at radius 3 is 2.50 bits per heavy atom. The molecule has 1 aliphatic heterocycles. The zero-order valence-electron chi connectivity index (χ0n) is 19.4. The first kappa shape index (κ1) is 23.2. The number of nitrogens with zero attached hydrogens (tertiary/aromatic N) is 2. The number of aliphatic hydroxyl groups is 1. The minimum atomic E-state index is -0.899. The van der Waals surface area contributed by atoms with Crippen molar-refractivity contribution in [2.24, 2.45) is 0 Å². The van der Waals surface area contributed by atoms with Crippen LogP contribution in [0.1, 0.15) is 22.2 Å². The normalized spacial score (nSPS) is 16.1. The number of amides is 1. The van der Waals surface area contributed by atoms with Crippen LogP contribution in [-0.4, -0.2) is 73.1 Å². The highest BCUT2D eigenvalue weighted by Gasteiger charge is 2.44. The van der Waals surface area contributed by atoms with Crippen molar-refractivity contribution in [3.63, 3.8) is 0 Å². The topological polar surface area (TPSA) is 113 Å². The third-order valence-electron chi connectivity index (χ3n) is 5.81. The number of hydrogen-bond acceptors (Lipinski definition) is 8. The van der Waals surface area contributed by atoms with Gasteiger partial charge in [0.05, 0.1) is 25.8 Å². The molecule has 0 bridgehead atoms. The minimum Gasteiger partial charge on any atom is -0.504 e. The summed E-state index contributed by atoms with van der Waals surface area (Å²) in [5.41, 5.74) is 0.794. The van der Waals surface area contributed by atoms with Crippen LogP contribution in [0.4, 0.5) is 0 Å². The Hall–Kier alpha value is -3.98. The van der Waals surface area contributed by atoms with Gasteiger partial charge in [-0.2, -0.15) is 0 Å². The molecule has 0 unspecified atom stereocenters. The Labute approximate surface area is 196 Å². The van der Waals surface area contributed by atoms with E-state index in [-0.39, 0.29) is 29.4 Å². The lowest BCUT2D eigenvalue weighted by molar-refractivity contribution is -0.129. The highest BCUT2D eigenvalue weighted by Crippen LogP contribution is 2.42. The molecule has 1 aromatic heterocycles. The van der Waals surface area contributed by atoms with Gasteiger partial charge in [-0.15, -0.1) is 0 Å². The Kier molecular flexibility index (Phi) is 6.21. The number of aliphatic hydroxyl groups excluding tert-OH is 1. The van der Waals surface area contributed by atoms with Gasteiger partial charge in [-0.3, -0.25) is 9.59 Å². The number of hydrogen-bond donors (Lipinski definition) is 2. The first-order valence-electron chi connectivity index (χ1n) is 10.6. The van der Waals surface area contributed by atoms with Gasteiger partial charge >= 0.3 is 0 Å². The number of aromatic hydroxyl groups is 1. The van der Waals surface area contributed by atoms with Crippen molar-refractivity contribution < 1.29 is 33.7 Å². The van der Waals surface area contributed by atoms with E-state index in [9.17, 15) is 19.8 Å². The third-order valence-corrected chi connectivity index (χ3v) is 5.81. The number of benzene rings is 2. The molecule has 4 rings (SSSR count). The summed E-state index contributed by atoms with van der Waals surface area (Å²) in [7, 11) is 6.63. The summed E-state index contributed by atoms with van der Waals surface area (Å²) < 4.78 is 16.3. The number of methoxy groups -OCH3 is 2. The van der Waals surface area contributed by atoms with E-state index in [1.807, 2.05) is 19.0 Å². The molecule has 2 heterocycles. The molecule has 9 nitrogen and oxygen atoms in total. The smallest absolute Gasteiger partial charge is 0.290 e. The van der Waals surface area contributed by atoms with E-state index in [0.29, 0.717) is 28.8 Å². The molecule has 0 aliphatic carbocycles. The second kappa shape index (κ2) is 9.11. The maximum absolute atomic E-state index is 13.6. The first-order valence-corrected chi connectivity index (χ1v) is 10.6. The number of furan rings is 1. The molecule has 178 valence electrons. The molecule has 34 heavy (non-hydrogen) atoms. The van der Waals surface area contributed by atoms with E-state index >= 15 is 0 Å². The van der Waals surface area contributed by atoms with Crippen LogP contribution in [0.15, 0.2) is 58.2 Å². The van der Waals surface area contributed by atoms with Gasteiger partial charge in [-0.05, 0) is 43.9 Å². The highest BCUT2D eigenvalue weighted by molar-refractivity contribution is 6.16. The number of para-hydroxylation sites is 1. The lowest BCUT2D eigenvalue weighted by Gasteiger charge is -2.28. The predicted octanol–water partition coefficient (Wildman–Crippen LogP) is 3.30. The number of phenols is 1. The van der Waals surface area contributed by atoms with E-state index in [4.69, 9.17) is 13.9 Å². The molecule has 1 atom stereocenters. The van der Waals surface area contributed by atoms with E-state index < -0.39 is 23.5 Å². The second-order valence-corrected chi connectivity index (χ2v) is 8.22. The molecule has 0 spiro atoms. The van der Waals surface area contributed by atoms with Crippen LogP contribution in [0.25, 0.3) is 11.0 Å². The first-order chi connectivity index (χ1) is 16.3. The van der Waals surface area contributed by atoms with Crippen molar-refractivity contribution in [3.8, 4) is 17.2 Å². The molecule has 9 heteroatoms. The van der Waals surface area contributed by atoms with E-state index in [0.717, 1.165) is 0 Å². The summed E-state index contributed by atoms with van der Waals surface area (Å²) in [6, 6.07) is 10.5. The molecular formula is C25H26N2O7. The quantitative estimate of drug-likeness (QED) is 0.487. The zero-order valence-corrected chi connectivity index (χ0v) is 19.4. The molecule has 3 aromatic rings. The second-order valence-electron chi connectivity index (χ2n) is 8.22. The van der Waals surface area contributed by atoms with Crippen LogP contribution < -0.4 is 9.47 Å². The third kappa shape index (κ3) is 3.94. The Morgan fingerprint density at radius 1 is 1.09 bits per heavy atom. The minimum absolute atomic E-state index is 0.0287. The summed E-state index contributed by atoms with van der Waals surface area (Å²) in [5.74, 6) is -1.37. The van der Waals surface area contributed by atoms with E-state index in [2.05, 4.69) is 0 Å². The van der Waals surface area contributed by atoms with Gasteiger partial charge in [0.15, 0.2) is 34.4 Å². The van der Waals surface area contributed by atoms with Gasteiger partial charge in [0.2, 0.25) is 5.78 Å². The monoisotopic (exact) mass is 466 g/mol. The number of Topliss-reactive ketones (excluding diaryl/α,β-unsaturated/α-hetero) is 1. The van der Waals surface area contributed by atoms with Crippen LogP contribution in [0.2, 0.25) is 0 Å². The highest BCUT2D eigenvalue weighted by atomic mass is 16.5. The lowest BCUT2D eigenvalue weighted by atomic mass is 9.94. The van der Waals surface area contributed by atoms with Crippen molar-refractivity contribution in [3.05, 3.63) is 65.1 Å². The van der Waals surface area contributed by atoms with Gasteiger partial charge in [0.25, 0.3) is 5.91 Å². The SMILES string of the molecule is COc1cc([C@H]2C(C(=O)c3cc4cccc(OC)c4o3)=C(O)C(=O)N2CCN(C)C)ccc1O. The Bertz CT molecular complexity index is 1290. The molecule has 0 saturated carbocycles. The number of carbonyl (C=O) groups is 2. The molecule has 0 fully saturated rings. The fourth-order valence-corrected chi connectivity index (χ4v) is 4.08. The molecule has 2 aromatic carbocycles. The predicted molar refractivity (Wildman–Crippen MR) is 124 cm³/mol. The fourth-order valence-electron chi connectivity index (χ4n) is 4.08. The van der Waals surface area contributed by atoms with Crippen molar-refractivity contribution in [1.29, 1.82) is 0 Å². The molecular weight excluding hydrogens is 440 g/mol. The van der Waals surface area contributed by atoms with Gasteiger partial charge < -0.3 is 33.9 Å². The van der Waals surface area contributed by atoms with Crippen molar-refractivity contribution >= 4 is 22.7 Å². The number of rotatable bonds is 8. The van der Waals surface area contributed by atoms with Crippen molar-refractivity contribution in [2.75, 3.05) is 41.4 Å². The van der Waals surface area contributed by atoms with Gasteiger partial charge in [-0.25, -0.2) is 0 Å². The van der Waals surface area contributed by atoms with Crippen LogP contribution in [-0.2, 0) is 4.79 Å². The summed E-state index contributed by atoms with van der Waals surface area (Å²) in [5, 5.41) is 21.5. The number of ether oxygens (including phenoxy) is 2. The number of carbonyl (C=O) groups excluding carboxylic acids is 2. The maximum atomic E-state index is 13.6. The summed E-state index contributed by atoms with van der Waals surface area (Å²) in [6.45, 7) is 0.766. The Morgan fingerprint density at radius 2 is 1.82 bits per heavy atom. The molecule has 1 aliphatic rings. The number of fused-ring (bicyclic) bond motifs is 1. The number of likely N-dealkylation sites (N-methyl/N-ethyl adjacent to an activating group) is 1. The zero-order chi connectivity index (χ0) is 24.6. The molecule has 1 amide bonds. The fraction of sp³-hybridized carbons (Fsp3) is 0.280. The van der Waals surface area contributed by atoms with Crippen LogP contribution in [0.3, 0.4) is 0 Å². The molecule has 2 N–H and O–H groups in total. The van der Waals surface area contributed by atoms with E-state index in [1.54, 1.807) is 36.4 Å². The largest absolute Gasteiger partial charge is 0.504 e. The standard InChI is InChI=1S/C25H26N2O7/c1-26(2)10-11-27-21(14-8-9-16(28)18(12-14)33-4)20(23(30)25(27)31)22(29)19-13-15-6-5-7-17(32-3)24(15)34-19/h5-9,12-13,21,28,30H,10-11H2,1-4H3/t21-/m0/s1. The lowest BCUT2D eigenvalue weighted by Crippen LogP contribution is -2.36. The summed E-state index contributed by atoms with van der Waals surface area (Å²) in [6.07, 6.45) is 0. The van der Waals surface area contributed by atoms with Gasteiger partial charge in [0.1, 0.15) is 0 Å². The average molecular weight is 466 g/mol. The van der Waals surface area contributed by atoms with Crippen molar-refractivity contribution in [1.82, 2.24) is 9.80 Å².